The molecule has 6 heteroatoms. The number of carbonyl (C=O) groups is 1. The second-order valence-electron chi connectivity index (χ2n) is 4.71. The number of ether oxygens (including phenoxy) is 1. The maximum atomic E-state index is 12.5. The highest BCUT2D eigenvalue weighted by atomic mass is 32.2. The van der Waals surface area contributed by atoms with Crippen LogP contribution < -0.4 is 5.73 Å². The summed E-state index contributed by atoms with van der Waals surface area (Å²) in [4.78, 5) is 11.8. The van der Waals surface area contributed by atoms with Crippen molar-refractivity contribution in [1.82, 2.24) is 0 Å². The van der Waals surface area contributed by atoms with E-state index in [9.17, 15) is 13.2 Å². The highest BCUT2D eigenvalue weighted by Gasteiger charge is 2.46. The number of carbonyl (C=O) groups excluding carboxylic acids is 1. The van der Waals surface area contributed by atoms with E-state index in [2.05, 4.69) is 0 Å². The van der Waals surface area contributed by atoms with E-state index in [1.165, 1.54) is 24.3 Å². The average Bonchev–Trinajstić information content (AvgIpc) is 2.72. The van der Waals surface area contributed by atoms with Gasteiger partial charge in [-0.15, -0.1) is 0 Å². The van der Waals surface area contributed by atoms with E-state index in [0.29, 0.717) is 12.1 Å². The second-order valence-corrected chi connectivity index (χ2v) is 6.78. The molecule has 104 valence electrons. The molecule has 0 radical (unpaired) electrons. The molecule has 1 fully saturated rings. The van der Waals surface area contributed by atoms with Crippen molar-refractivity contribution in [3.8, 4) is 0 Å². The zero-order valence-corrected chi connectivity index (χ0v) is 11.5. The Morgan fingerprint density at radius 2 is 1.95 bits per heavy atom. The lowest BCUT2D eigenvalue weighted by Gasteiger charge is -2.15. The van der Waals surface area contributed by atoms with Crippen LogP contribution in [0.3, 0.4) is 0 Å². The fourth-order valence-corrected chi connectivity index (χ4v) is 4.19. The number of sulfone groups is 1. The van der Waals surface area contributed by atoms with Crippen molar-refractivity contribution in [1.29, 1.82) is 0 Å². The van der Waals surface area contributed by atoms with Gasteiger partial charge in [-0.25, -0.2) is 8.42 Å². The van der Waals surface area contributed by atoms with Crippen LogP contribution in [-0.4, -0.2) is 26.2 Å². The number of hydrogen-bond donors (Lipinski definition) is 1. The number of esters is 1. The molecule has 0 bridgehead atoms. The maximum absolute atomic E-state index is 12.5. The summed E-state index contributed by atoms with van der Waals surface area (Å²) < 4.78 is 29.9. The van der Waals surface area contributed by atoms with E-state index in [1.807, 2.05) is 6.92 Å². The summed E-state index contributed by atoms with van der Waals surface area (Å²) in [5.74, 6) is -0.907. The molecule has 2 N–H and O–H groups in total. The van der Waals surface area contributed by atoms with Crippen LogP contribution in [0, 0.1) is 5.92 Å². The van der Waals surface area contributed by atoms with Crippen molar-refractivity contribution >= 4 is 21.5 Å². The van der Waals surface area contributed by atoms with Gasteiger partial charge in [-0.05, 0) is 30.7 Å². The standard InChI is InChI=1S/C13H17NO4S/c1-2-3-9-8-18-13(15)12(9)19(16,17)11-6-4-10(14)5-7-11/h4-7,9,12H,2-3,8,14H2,1H3/t9-,12?/m0/s1. The molecule has 1 aliphatic heterocycles. The van der Waals surface area contributed by atoms with Crippen molar-refractivity contribution < 1.29 is 17.9 Å². The molecule has 1 aromatic rings. The van der Waals surface area contributed by atoms with Crippen molar-refractivity contribution in [3.63, 3.8) is 0 Å². The molecule has 19 heavy (non-hydrogen) atoms. The smallest absolute Gasteiger partial charge is 0.325 e. The van der Waals surface area contributed by atoms with Gasteiger partial charge in [0.15, 0.2) is 15.1 Å². The minimum Gasteiger partial charge on any atom is -0.464 e. The maximum Gasteiger partial charge on any atom is 0.325 e. The number of benzene rings is 1. The van der Waals surface area contributed by atoms with Crippen LogP contribution in [0.25, 0.3) is 0 Å². The minimum absolute atomic E-state index is 0.117. The second kappa shape index (κ2) is 5.21. The molecular weight excluding hydrogens is 266 g/mol. The van der Waals surface area contributed by atoms with Crippen LogP contribution in [0.15, 0.2) is 29.2 Å². The number of nitrogens with two attached hydrogens (primary N) is 1. The summed E-state index contributed by atoms with van der Waals surface area (Å²) in [5.41, 5.74) is 6.02. The zero-order chi connectivity index (χ0) is 14.0. The van der Waals surface area contributed by atoms with Gasteiger partial charge in [0.2, 0.25) is 0 Å². The van der Waals surface area contributed by atoms with Crippen LogP contribution in [0.5, 0.6) is 0 Å². The fourth-order valence-electron chi connectivity index (χ4n) is 2.34. The Balaban J connectivity index is 2.37. The predicted molar refractivity (Wildman–Crippen MR) is 71.2 cm³/mol. The van der Waals surface area contributed by atoms with Crippen molar-refractivity contribution in [2.24, 2.45) is 5.92 Å². The van der Waals surface area contributed by atoms with Gasteiger partial charge in [0.1, 0.15) is 0 Å². The minimum atomic E-state index is -3.71. The van der Waals surface area contributed by atoms with Gasteiger partial charge >= 0.3 is 5.97 Å². The third kappa shape index (κ3) is 2.58. The first-order valence-corrected chi connectivity index (χ1v) is 7.77. The van der Waals surface area contributed by atoms with E-state index >= 15 is 0 Å². The molecule has 0 aromatic heterocycles. The summed E-state index contributed by atoms with van der Waals surface area (Å²) in [5, 5.41) is -1.09. The molecule has 1 unspecified atom stereocenters. The van der Waals surface area contributed by atoms with Crippen LogP contribution >= 0.6 is 0 Å². The monoisotopic (exact) mass is 283 g/mol. The average molecular weight is 283 g/mol. The first-order valence-electron chi connectivity index (χ1n) is 6.23. The third-order valence-corrected chi connectivity index (χ3v) is 5.48. The lowest BCUT2D eigenvalue weighted by molar-refractivity contribution is -0.137. The molecule has 1 heterocycles. The fraction of sp³-hybridized carbons (Fsp3) is 0.462. The lowest BCUT2D eigenvalue weighted by Crippen LogP contribution is -2.32. The van der Waals surface area contributed by atoms with Crippen LogP contribution in [0.2, 0.25) is 0 Å². The van der Waals surface area contributed by atoms with Gasteiger partial charge in [-0.1, -0.05) is 13.3 Å². The van der Waals surface area contributed by atoms with Crippen molar-refractivity contribution in [2.45, 2.75) is 29.9 Å². The SMILES string of the molecule is CCC[C@H]1COC(=O)C1S(=O)(=O)c1ccc(N)cc1. The van der Waals surface area contributed by atoms with Gasteiger partial charge in [0.05, 0.1) is 11.5 Å². The number of hydrogen-bond acceptors (Lipinski definition) is 5. The Kier molecular flexibility index (Phi) is 3.80. The van der Waals surface area contributed by atoms with Gasteiger partial charge in [-0.3, -0.25) is 4.79 Å². The Morgan fingerprint density at radius 3 is 2.53 bits per heavy atom. The number of anilines is 1. The van der Waals surface area contributed by atoms with Crippen molar-refractivity contribution in [2.75, 3.05) is 12.3 Å². The van der Waals surface area contributed by atoms with Gasteiger partial charge < -0.3 is 10.5 Å². The van der Waals surface area contributed by atoms with E-state index in [1.54, 1.807) is 0 Å². The molecule has 0 amide bonds. The molecule has 2 atom stereocenters. The van der Waals surface area contributed by atoms with Gasteiger partial charge in [-0.2, -0.15) is 0 Å². The summed E-state index contributed by atoms with van der Waals surface area (Å²) >= 11 is 0. The summed E-state index contributed by atoms with van der Waals surface area (Å²) in [6, 6.07) is 5.89. The molecular formula is C13H17NO4S. The van der Waals surface area contributed by atoms with Gasteiger partial charge in [0, 0.05) is 11.6 Å². The summed E-state index contributed by atoms with van der Waals surface area (Å²) in [6.07, 6.45) is 1.47. The Morgan fingerprint density at radius 1 is 1.32 bits per heavy atom. The molecule has 2 rings (SSSR count). The lowest BCUT2D eigenvalue weighted by atomic mass is 10.0. The molecule has 0 spiro atoms. The molecule has 1 saturated heterocycles. The third-order valence-electron chi connectivity index (χ3n) is 3.30. The first-order chi connectivity index (χ1) is 8.96. The Bertz CT molecular complexity index is 565. The summed E-state index contributed by atoms with van der Waals surface area (Å²) in [7, 11) is -3.71. The number of rotatable bonds is 4. The molecule has 1 aromatic carbocycles. The van der Waals surface area contributed by atoms with Crippen LogP contribution in [0.1, 0.15) is 19.8 Å². The quantitative estimate of drug-likeness (QED) is 0.666. The highest BCUT2D eigenvalue weighted by Crippen LogP contribution is 2.30. The number of nitrogen functional groups attached to an aromatic ring is 1. The Hall–Kier alpha value is -1.56. The largest absolute Gasteiger partial charge is 0.464 e. The predicted octanol–water partition coefficient (Wildman–Crippen LogP) is 1.38. The van der Waals surface area contributed by atoms with Crippen molar-refractivity contribution in [3.05, 3.63) is 24.3 Å². The van der Waals surface area contributed by atoms with Gasteiger partial charge in [0.25, 0.3) is 0 Å². The Labute approximate surface area is 112 Å². The molecule has 0 aliphatic carbocycles. The normalized spacial score (nSPS) is 23.3. The molecule has 1 aliphatic rings. The highest BCUT2D eigenvalue weighted by molar-refractivity contribution is 7.92. The zero-order valence-electron chi connectivity index (χ0n) is 10.7. The summed E-state index contributed by atoms with van der Waals surface area (Å²) in [6.45, 7) is 2.14. The van der Waals surface area contributed by atoms with Crippen LogP contribution in [0.4, 0.5) is 5.69 Å². The van der Waals surface area contributed by atoms with E-state index < -0.39 is 21.1 Å². The topological polar surface area (TPSA) is 86.5 Å². The van der Waals surface area contributed by atoms with E-state index in [4.69, 9.17) is 10.5 Å². The number of cyclic esters (lactones) is 1. The van der Waals surface area contributed by atoms with E-state index in [-0.39, 0.29) is 17.4 Å². The van der Waals surface area contributed by atoms with E-state index in [0.717, 1.165) is 6.42 Å². The van der Waals surface area contributed by atoms with Crippen LogP contribution in [-0.2, 0) is 19.4 Å². The first kappa shape index (κ1) is 13.9. The molecule has 0 saturated carbocycles. The molecule has 5 nitrogen and oxygen atoms in total.